The van der Waals surface area contributed by atoms with Gasteiger partial charge in [0.15, 0.2) is 0 Å². The van der Waals surface area contributed by atoms with Gasteiger partial charge in [0.2, 0.25) is 0 Å². The second-order valence-corrected chi connectivity index (χ2v) is 7.37. The maximum atomic E-state index is 11.4. The second-order valence-electron chi connectivity index (χ2n) is 7.37. The van der Waals surface area contributed by atoms with Crippen molar-refractivity contribution in [2.45, 2.75) is 40.2 Å². The molecular weight excluding hydrogens is 366 g/mol. The first-order chi connectivity index (χ1) is 13.9. The van der Waals surface area contributed by atoms with Crippen molar-refractivity contribution >= 4 is 17.9 Å². The molecule has 6 heteroatoms. The number of carbonyl (C=O) groups excluding carboxylic acids is 1. The van der Waals surface area contributed by atoms with Gasteiger partial charge in [-0.25, -0.2) is 0 Å². The molecule has 156 valence electrons. The van der Waals surface area contributed by atoms with Crippen molar-refractivity contribution in [3.8, 4) is 5.75 Å². The number of benzene rings is 2. The van der Waals surface area contributed by atoms with E-state index in [1.807, 2.05) is 30.3 Å². The molecule has 0 aromatic heterocycles. The van der Waals surface area contributed by atoms with Gasteiger partial charge in [-0.1, -0.05) is 39.0 Å². The molecule has 0 aliphatic carbocycles. The van der Waals surface area contributed by atoms with Gasteiger partial charge >= 0.3 is 5.97 Å². The van der Waals surface area contributed by atoms with Crippen LogP contribution in [0.4, 0.5) is 5.69 Å². The Hall–Kier alpha value is -3.02. The summed E-state index contributed by atoms with van der Waals surface area (Å²) in [5.41, 5.74) is 4.00. The molecular formula is C23H31N3O3. The maximum absolute atomic E-state index is 11.4. The van der Waals surface area contributed by atoms with Gasteiger partial charge in [-0.3, -0.25) is 4.79 Å². The van der Waals surface area contributed by atoms with Crippen LogP contribution in [0.15, 0.2) is 47.6 Å². The molecule has 0 bridgehead atoms. The van der Waals surface area contributed by atoms with Crippen LogP contribution in [-0.2, 0) is 16.0 Å². The Labute approximate surface area is 173 Å². The number of hydrogen-bond donors (Lipinski definition) is 2. The van der Waals surface area contributed by atoms with E-state index >= 15 is 0 Å². The number of aryl methyl sites for hydroxylation is 1. The van der Waals surface area contributed by atoms with Crippen molar-refractivity contribution in [3.05, 3.63) is 59.2 Å². The minimum absolute atomic E-state index is 0.208. The van der Waals surface area contributed by atoms with Gasteiger partial charge < -0.3 is 20.6 Å². The summed E-state index contributed by atoms with van der Waals surface area (Å²) in [5, 5.41) is 6.99. The Morgan fingerprint density at radius 2 is 1.90 bits per heavy atom. The summed E-state index contributed by atoms with van der Waals surface area (Å²) < 4.78 is 11.3. The lowest BCUT2D eigenvalue weighted by atomic mass is 10.0. The topological polar surface area (TPSA) is 85.9 Å². The first kappa shape index (κ1) is 22.3. The zero-order valence-electron chi connectivity index (χ0n) is 17.6. The lowest BCUT2D eigenvalue weighted by molar-refractivity contribution is -0.141. The number of ether oxygens (including phenoxy) is 2. The highest BCUT2D eigenvalue weighted by Gasteiger charge is 2.16. The van der Waals surface area contributed by atoms with E-state index in [0.29, 0.717) is 12.5 Å². The molecule has 0 amide bonds. The summed E-state index contributed by atoms with van der Waals surface area (Å²) in [7, 11) is 0. The minimum atomic E-state index is -0.311. The molecule has 0 saturated heterocycles. The summed E-state index contributed by atoms with van der Waals surface area (Å²) in [6.07, 6.45) is 2.47. The van der Waals surface area contributed by atoms with Gasteiger partial charge in [0.25, 0.3) is 0 Å². The molecule has 0 saturated carbocycles. The molecule has 2 rings (SSSR count). The quantitative estimate of drug-likeness (QED) is 0.270. The zero-order chi connectivity index (χ0) is 21.2. The molecule has 0 aliphatic heterocycles. The molecule has 2 aromatic carbocycles. The van der Waals surface area contributed by atoms with Crippen LogP contribution in [0.25, 0.3) is 0 Å². The SMILES string of the molecule is CCc1cc(OCC(C)C)cc(C(COC(C)=O)Nc2ccc(C=NN)cc2)c1. The van der Waals surface area contributed by atoms with Gasteiger partial charge in [-0.15, -0.1) is 0 Å². The highest BCUT2D eigenvalue weighted by molar-refractivity contribution is 5.80. The Kier molecular flexibility index (Phi) is 8.52. The third kappa shape index (κ3) is 7.49. The number of anilines is 1. The summed E-state index contributed by atoms with van der Waals surface area (Å²) in [6, 6.07) is 13.7. The lowest BCUT2D eigenvalue weighted by Gasteiger charge is -2.22. The molecule has 0 fully saturated rings. The van der Waals surface area contributed by atoms with E-state index in [1.165, 1.54) is 12.5 Å². The summed E-state index contributed by atoms with van der Waals surface area (Å²) >= 11 is 0. The number of nitrogens with two attached hydrogens (primary N) is 1. The fraction of sp³-hybridized carbons (Fsp3) is 0.391. The molecule has 0 radical (unpaired) electrons. The first-order valence-electron chi connectivity index (χ1n) is 9.91. The van der Waals surface area contributed by atoms with Gasteiger partial charge in [-0.2, -0.15) is 5.10 Å². The van der Waals surface area contributed by atoms with Crippen molar-refractivity contribution in [1.29, 1.82) is 0 Å². The van der Waals surface area contributed by atoms with Crippen LogP contribution in [0.3, 0.4) is 0 Å². The number of nitrogens with zero attached hydrogens (tertiary/aromatic N) is 1. The predicted octanol–water partition coefficient (Wildman–Crippen LogP) is 4.29. The fourth-order valence-electron chi connectivity index (χ4n) is 2.81. The van der Waals surface area contributed by atoms with Crippen molar-refractivity contribution in [2.75, 3.05) is 18.5 Å². The Morgan fingerprint density at radius 3 is 2.48 bits per heavy atom. The van der Waals surface area contributed by atoms with E-state index in [1.54, 1.807) is 6.21 Å². The number of hydrogen-bond acceptors (Lipinski definition) is 6. The molecule has 29 heavy (non-hydrogen) atoms. The summed E-state index contributed by atoms with van der Waals surface area (Å²) in [5.74, 6) is 6.16. The Morgan fingerprint density at radius 1 is 1.17 bits per heavy atom. The van der Waals surface area contributed by atoms with E-state index in [4.69, 9.17) is 15.3 Å². The highest BCUT2D eigenvalue weighted by Crippen LogP contribution is 2.27. The van der Waals surface area contributed by atoms with Crippen LogP contribution in [0.5, 0.6) is 5.75 Å². The van der Waals surface area contributed by atoms with Crippen molar-refractivity contribution < 1.29 is 14.3 Å². The van der Waals surface area contributed by atoms with Crippen molar-refractivity contribution in [2.24, 2.45) is 16.9 Å². The minimum Gasteiger partial charge on any atom is -0.493 e. The molecule has 1 atom stereocenters. The highest BCUT2D eigenvalue weighted by atomic mass is 16.5. The Bertz CT molecular complexity index is 817. The summed E-state index contributed by atoms with van der Waals surface area (Å²) in [4.78, 5) is 11.4. The number of hydrazone groups is 1. The number of nitrogens with one attached hydrogen (secondary N) is 1. The van der Waals surface area contributed by atoms with Crippen LogP contribution in [0.2, 0.25) is 0 Å². The lowest BCUT2D eigenvalue weighted by Crippen LogP contribution is -2.19. The molecule has 0 heterocycles. The number of carbonyl (C=O) groups is 1. The number of esters is 1. The largest absolute Gasteiger partial charge is 0.493 e. The number of rotatable bonds is 10. The van der Waals surface area contributed by atoms with Crippen LogP contribution in [0, 0.1) is 5.92 Å². The van der Waals surface area contributed by atoms with E-state index < -0.39 is 0 Å². The van der Waals surface area contributed by atoms with E-state index in [2.05, 4.69) is 43.3 Å². The standard InChI is InChI=1S/C23H31N3O3/c1-5-18-10-20(12-22(11-18)29-14-16(2)3)23(15-28-17(4)27)26-21-8-6-19(7-9-21)13-25-24/h6-13,16,23,26H,5,14-15,24H2,1-4H3. The van der Waals surface area contributed by atoms with Crippen molar-refractivity contribution in [1.82, 2.24) is 0 Å². The van der Waals surface area contributed by atoms with Gasteiger partial charge in [0.05, 0.1) is 18.9 Å². The predicted molar refractivity (Wildman–Crippen MR) is 117 cm³/mol. The fourth-order valence-corrected chi connectivity index (χ4v) is 2.81. The monoisotopic (exact) mass is 397 g/mol. The average Bonchev–Trinajstić information content (AvgIpc) is 2.70. The maximum Gasteiger partial charge on any atom is 0.302 e. The average molecular weight is 398 g/mol. The van der Waals surface area contributed by atoms with E-state index in [9.17, 15) is 4.79 Å². The second kappa shape index (κ2) is 11.1. The molecule has 3 N–H and O–H groups in total. The first-order valence-corrected chi connectivity index (χ1v) is 9.91. The normalized spacial score (nSPS) is 12.2. The van der Waals surface area contributed by atoms with Crippen LogP contribution in [0.1, 0.15) is 50.4 Å². The van der Waals surface area contributed by atoms with E-state index in [0.717, 1.165) is 29.0 Å². The van der Waals surface area contributed by atoms with Crippen LogP contribution in [-0.4, -0.2) is 25.4 Å². The summed E-state index contributed by atoms with van der Waals surface area (Å²) in [6.45, 7) is 8.63. The smallest absolute Gasteiger partial charge is 0.302 e. The Balaban J connectivity index is 2.29. The molecule has 0 aliphatic rings. The van der Waals surface area contributed by atoms with Crippen LogP contribution < -0.4 is 15.9 Å². The van der Waals surface area contributed by atoms with E-state index in [-0.39, 0.29) is 18.6 Å². The third-order valence-electron chi connectivity index (χ3n) is 4.31. The van der Waals surface area contributed by atoms with Gasteiger partial charge in [0.1, 0.15) is 12.4 Å². The van der Waals surface area contributed by atoms with Gasteiger partial charge in [-0.05, 0) is 53.3 Å². The molecule has 6 nitrogen and oxygen atoms in total. The van der Waals surface area contributed by atoms with Crippen LogP contribution >= 0.6 is 0 Å². The van der Waals surface area contributed by atoms with Crippen molar-refractivity contribution in [3.63, 3.8) is 0 Å². The molecule has 1 unspecified atom stereocenters. The molecule has 0 spiro atoms. The third-order valence-corrected chi connectivity index (χ3v) is 4.31. The zero-order valence-corrected chi connectivity index (χ0v) is 17.6. The molecule has 2 aromatic rings. The van der Waals surface area contributed by atoms with Gasteiger partial charge in [0, 0.05) is 12.6 Å².